The van der Waals surface area contributed by atoms with Gasteiger partial charge in [0.05, 0.1) is 6.54 Å². The zero-order chi connectivity index (χ0) is 14.8. The average molecular weight is 306 g/mol. The molecule has 0 fully saturated rings. The summed E-state index contributed by atoms with van der Waals surface area (Å²) in [4.78, 5) is 3.80. The zero-order valence-electron chi connectivity index (χ0n) is 10.2. The molecule has 0 saturated carbocycles. The van der Waals surface area contributed by atoms with E-state index in [-0.39, 0.29) is 30.3 Å². The van der Waals surface area contributed by atoms with Gasteiger partial charge in [0.25, 0.3) is 0 Å². The van der Waals surface area contributed by atoms with Crippen LogP contribution in [0.15, 0.2) is 24.5 Å². The molecule has 20 heavy (non-hydrogen) atoms. The molecule has 0 unspecified atom stereocenters. The van der Waals surface area contributed by atoms with Crippen molar-refractivity contribution in [3.8, 4) is 0 Å². The minimum absolute atomic E-state index is 0.0276. The minimum atomic E-state index is -4.54. The third-order valence-electron chi connectivity index (χ3n) is 2.62. The first kappa shape index (κ1) is 14.8. The number of aliphatic hydroxyl groups excluding tert-OH is 1. The maximum absolute atomic E-state index is 12.8. The van der Waals surface area contributed by atoms with Crippen molar-refractivity contribution in [2.24, 2.45) is 0 Å². The Morgan fingerprint density at radius 2 is 2.10 bits per heavy atom. The molecule has 0 radical (unpaired) electrons. The van der Waals surface area contributed by atoms with Gasteiger partial charge in [0, 0.05) is 24.6 Å². The standard InChI is InChI=1S/C12H11ClF3N3O/c13-10-5-8(1-3-17-10)6-19-7-9(2-4-20)11(18-19)12(14,15)16/h1,3,5,7,20H,2,4,6H2. The van der Waals surface area contributed by atoms with Gasteiger partial charge >= 0.3 is 6.18 Å². The van der Waals surface area contributed by atoms with Crippen molar-refractivity contribution >= 4 is 11.6 Å². The lowest BCUT2D eigenvalue weighted by Crippen LogP contribution is -2.11. The van der Waals surface area contributed by atoms with Crippen LogP contribution >= 0.6 is 11.6 Å². The smallest absolute Gasteiger partial charge is 0.396 e. The Labute approximate surface area is 117 Å². The van der Waals surface area contributed by atoms with E-state index in [9.17, 15) is 13.2 Å². The molecule has 2 heterocycles. The highest BCUT2D eigenvalue weighted by Crippen LogP contribution is 2.31. The molecular formula is C12H11ClF3N3O. The number of nitrogens with zero attached hydrogens (tertiary/aromatic N) is 3. The highest BCUT2D eigenvalue weighted by molar-refractivity contribution is 6.29. The fourth-order valence-electron chi connectivity index (χ4n) is 1.81. The number of aliphatic hydroxyl groups is 1. The van der Waals surface area contributed by atoms with Gasteiger partial charge in [-0.15, -0.1) is 0 Å². The molecule has 0 aliphatic carbocycles. The molecular weight excluding hydrogens is 295 g/mol. The first-order valence-corrected chi connectivity index (χ1v) is 6.13. The van der Waals surface area contributed by atoms with Crippen molar-refractivity contribution < 1.29 is 18.3 Å². The Bertz CT molecular complexity index is 598. The molecule has 8 heteroatoms. The lowest BCUT2D eigenvalue weighted by atomic mass is 10.2. The average Bonchev–Trinajstić information content (AvgIpc) is 2.72. The van der Waals surface area contributed by atoms with Crippen molar-refractivity contribution in [2.45, 2.75) is 19.1 Å². The van der Waals surface area contributed by atoms with Crippen LogP contribution in [0.3, 0.4) is 0 Å². The van der Waals surface area contributed by atoms with Crippen molar-refractivity contribution in [1.82, 2.24) is 14.8 Å². The molecule has 0 bridgehead atoms. The molecule has 4 nitrogen and oxygen atoms in total. The summed E-state index contributed by atoms with van der Waals surface area (Å²) in [6.07, 6.45) is -1.87. The number of aromatic nitrogens is 3. The quantitative estimate of drug-likeness (QED) is 0.883. The van der Waals surface area contributed by atoms with E-state index in [0.717, 1.165) is 0 Å². The van der Waals surface area contributed by atoms with Gasteiger partial charge in [0.2, 0.25) is 0 Å². The number of alkyl halides is 3. The molecule has 0 aromatic carbocycles. The molecule has 2 aromatic rings. The zero-order valence-corrected chi connectivity index (χ0v) is 11.0. The summed E-state index contributed by atoms with van der Waals surface area (Å²) >= 11 is 5.72. The van der Waals surface area contributed by atoms with E-state index >= 15 is 0 Å². The highest BCUT2D eigenvalue weighted by atomic mass is 35.5. The third kappa shape index (κ3) is 3.49. The van der Waals surface area contributed by atoms with Crippen LogP contribution in [0.5, 0.6) is 0 Å². The van der Waals surface area contributed by atoms with Gasteiger partial charge in [0.15, 0.2) is 5.69 Å². The van der Waals surface area contributed by atoms with Gasteiger partial charge in [-0.3, -0.25) is 4.68 Å². The van der Waals surface area contributed by atoms with E-state index in [1.807, 2.05) is 0 Å². The highest BCUT2D eigenvalue weighted by Gasteiger charge is 2.36. The SMILES string of the molecule is OCCc1cn(Cc2ccnc(Cl)c2)nc1C(F)(F)F. The van der Waals surface area contributed by atoms with Gasteiger partial charge in [-0.25, -0.2) is 4.98 Å². The van der Waals surface area contributed by atoms with E-state index < -0.39 is 11.9 Å². The Balaban J connectivity index is 2.29. The van der Waals surface area contributed by atoms with Crippen LogP contribution in [-0.4, -0.2) is 26.5 Å². The van der Waals surface area contributed by atoms with Gasteiger partial charge in [0.1, 0.15) is 5.15 Å². The van der Waals surface area contributed by atoms with Crippen molar-refractivity contribution in [2.75, 3.05) is 6.61 Å². The minimum Gasteiger partial charge on any atom is -0.396 e. The first-order chi connectivity index (χ1) is 9.40. The molecule has 2 rings (SSSR count). The molecule has 0 saturated heterocycles. The molecule has 0 aliphatic heterocycles. The molecule has 0 atom stereocenters. The van der Waals surface area contributed by atoms with E-state index in [2.05, 4.69) is 10.1 Å². The number of rotatable bonds is 4. The second-order valence-corrected chi connectivity index (χ2v) is 4.55. The molecule has 1 N–H and O–H groups in total. The summed E-state index contributed by atoms with van der Waals surface area (Å²) in [5.41, 5.74) is -0.302. The third-order valence-corrected chi connectivity index (χ3v) is 2.83. The number of halogens is 4. The van der Waals surface area contributed by atoms with Crippen LogP contribution in [0.1, 0.15) is 16.8 Å². The summed E-state index contributed by atoms with van der Waals surface area (Å²) in [5, 5.41) is 12.6. The predicted octanol–water partition coefficient (Wildman–Crippen LogP) is 2.53. The van der Waals surface area contributed by atoms with Crippen molar-refractivity contribution in [1.29, 1.82) is 0 Å². The molecule has 0 aliphatic rings. The Morgan fingerprint density at radius 3 is 2.70 bits per heavy atom. The first-order valence-electron chi connectivity index (χ1n) is 5.75. The predicted molar refractivity (Wildman–Crippen MR) is 66.4 cm³/mol. The lowest BCUT2D eigenvalue weighted by Gasteiger charge is -2.04. The van der Waals surface area contributed by atoms with Gasteiger partial charge in [-0.05, 0) is 24.1 Å². The summed E-state index contributed by atoms with van der Waals surface area (Å²) in [6, 6.07) is 3.20. The fraction of sp³-hybridized carbons (Fsp3) is 0.333. The number of hydrogen-bond donors (Lipinski definition) is 1. The largest absolute Gasteiger partial charge is 0.435 e. The Morgan fingerprint density at radius 1 is 1.35 bits per heavy atom. The molecule has 0 amide bonds. The van der Waals surface area contributed by atoms with E-state index in [1.54, 1.807) is 12.1 Å². The second kappa shape index (κ2) is 5.80. The van der Waals surface area contributed by atoms with Gasteiger partial charge in [-0.2, -0.15) is 18.3 Å². The monoisotopic (exact) mass is 305 g/mol. The van der Waals surface area contributed by atoms with Crippen LogP contribution in [0.4, 0.5) is 13.2 Å². The van der Waals surface area contributed by atoms with E-state index in [0.29, 0.717) is 5.56 Å². The van der Waals surface area contributed by atoms with Crippen LogP contribution in [-0.2, 0) is 19.1 Å². The Kier molecular flexibility index (Phi) is 4.29. The normalized spacial score (nSPS) is 11.8. The maximum atomic E-state index is 12.8. The Hall–Kier alpha value is -1.60. The molecule has 0 spiro atoms. The topological polar surface area (TPSA) is 50.9 Å². The fourth-order valence-corrected chi connectivity index (χ4v) is 2.01. The second-order valence-electron chi connectivity index (χ2n) is 4.16. The summed E-state index contributed by atoms with van der Waals surface area (Å²) in [6.45, 7) is -0.216. The lowest BCUT2D eigenvalue weighted by molar-refractivity contribution is -0.142. The van der Waals surface area contributed by atoms with E-state index in [1.165, 1.54) is 17.1 Å². The van der Waals surface area contributed by atoms with Crippen molar-refractivity contribution in [3.63, 3.8) is 0 Å². The van der Waals surface area contributed by atoms with Gasteiger partial charge < -0.3 is 5.11 Å². The van der Waals surface area contributed by atoms with Crippen LogP contribution < -0.4 is 0 Å². The van der Waals surface area contributed by atoms with Crippen LogP contribution in [0.2, 0.25) is 5.15 Å². The molecule has 108 valence electrons. The maximum Gasteiger partial charge on any atom is 0.435 e. The number of pyridine rings is 1. The summed E-state index contributed by atoms with van der Waals surface area (Å²) in [7, 11) is 0. The van der Waals surface area contributed by atoms with Gasteiger partial charge in [-0.1, -0.05) is 11.6 Å². The van der Waals surface area contributed by atoms with Crippen LogP contribution in [0.25, 0.3) is 0 Å². The van der Waals surface area contributed by atoms with Crippen molar-refractivity contribution in [3.05, 3.63) is 46.5 Å². The summed E-state index contributed by atoms with van der Waals surface area (Å²) < 4.78 is 39.6. The number of hydrogen-bond acceptors (Lipinski definition) is 3. The van der Waals surface area contributed by atoms with Crippen LogP contribution in [0, 0.1) is 0 Å². The summed E-state index contributed by atoms with van der Waals surface area (Å²) in [5.74, 6) is 0. The molecule has 2 aromatic heterocycles. The van der Waals surface area contributed by atoms with E-state index in [4.69, 9.17) is 16.7 Å².